The van der Waals surface area contributed by atoms with Crippen molar-refractivity contribution < 1.29 is 14.6 Å². The third kappa shape index (κ3) is 6.36. The van der Waals surface area contributed by atoms with Crippen molar-refractivity contribution in [3.8, 4) is 0 Å². The number of aliphatic hydroxyl groups is 1. The van der Waals surface area contributed by atoms with Gasteiger partial charge in [-0.15, -0.1) is 0 Å². The minimum absolute atomic E-state index is 0.311. The number of methoxy groups -OCH3 is 1. The molecule has 1 fully saturated rings. The van der Waals surface area contributed by atoms with E-state index in [-0.39, 0.29) is 0 Å². The van der Waals surface area contributed by atoms with Gasteiger partial charge in [0, 0.05) is 32.9 Å². The molecule has 1 atom stereocenters. The maximum Gasteiger partial charge on any atom is 0.0700 e. The van der Waals surface area contributed by atoms with Crippen LogP contribution in [0.25, 0.3) is 0 Å². The van der Waals surface area contributed by atoms with E-state index in [0.717, 1.165) is 26.0 Å². The lowest BCUT2D eigenvalue weighted by molar-refractivity contribution is 0.0570. The summed E-state index contributed by atoms with van der Waals surface area (Å²) in [5, 5.41) is 9.04. The van der Waals surface area contributed by atoms with E-state index in [1.54, 1.807) is 7.11 Å². The molecule has 0 aromatic carbocycles. The van der Waals surface area contributed by atoms with E-state index in [9.17, 15) is 0 Å². The highest BCUT2D eigenvalue weighted by molar-refractivity contribution is 4.76. The monoisotopic (exact) mass is 245 g/mol. The van der Waals surface area contributed by atoms with Crippen LogP contribution in [0.15, 0.2) is 0 Å². The maximum atomic E-state index is 9.04. The quantitative estimate of drug-likeness (QED) is 0.621. The number of ether oxygens (including phenoxy) is 2. The van der Waals surface area contributed by atoms with Gasteiger partial charge in [-0.25, -0.2) is 0 Å². The Hall–Kier alpha value is -0.160. The molecule has 1 rings (SSSR count). The highest BCUT2D eigenvalue weighted by Crippen LogP contribution is 2.19. The lowest BCUT2D eigenvalue weighted by atomic mass is 9.99. The average Bonchev–Trinajstić information content (AvgIpc) is 2.36. The zero-order valence-electron chi connectivity index (χ0n) is 11.1. The molecule has 0 spiro atoms. The van der Waals surface area contributed by atoms with Crippen molar-refractivity contribution in [2.75, 3.05) is 46.6 Å². The van der Waals surface area contributed by atoms with E-state index in [4.69, 9.17) is 14.6 Å². The number of likely N-dealkylation sites (tertiary alicyclic amines) is 1. The standard InChI is InChI=1S/C13H27NO3/c1-16-11-12-17-10-4-8-14-7-3-2-5-13(14)6-9-15/h13,15H,2-12H2,1H3. The molecule has 1 N–H and O–H groups in total. The van der Waals surface area contributed by atoms with Crippen molar-refractivity contribution in [2.45, 2.75) is 38.1 Å². The van der Waals surface area contributed by atoms with Crippen LogP contribution in [-0.4, -0.2) is 62.7 Å². The number of hydrogen-bond acceptors (Lipinski definition) is 4. The Morgan fingerprint density at radius 1 is 1.24 bits per heavy atom. The van der Waals surface area contributed by atoms with E-state index in [1.165, 1.54) is 25.8 Å². The highest BCUT2D eigenvalue weighted by atomic mass is 16.5. The summed E-state index contributed by atoms with van der Waals surface area (Å²) in [6, 6.07) is 0.590. The Morgan fingerprint density at radius 2 is 2.12 bits per heavy atom. The second-order valence-electron chi connectivity index (χ2n) is 4.66. The van der Waals surface area contributed by atoms with Crippen molar-refractivity contribution in [1.82, 2.24) is 4.90 Å². The van der Waals surface area contributed by atoms with Crippen molar-refractivity contribution in [1.29, 1.82) is 0 Å². The number of aliphatic hydroxyl groups excluding tert-OH is 1. The normalized spacial score (nSPS) is 21.9. The van der Waals surface area contributed by atoms with Crippen LogP contribution in [0.2, 0.25) is 0 Å². The van der Waals surface area contributed by atoms with Gasteiger partial charge in [-0.1, -0.05) is 6.42 Å². The summed E-state index contributed by atoms with van der Waals surface area (Å²) in [6.45, 7) is 4.77. The first kappa shape index (κ1) is 14.9. The van der Waals surface area contributed by atoms with Crippen molar-refractivity contribution in [3.05, 3.63) is 0 Å². The molecule has 1 saturated heterocycles. The van der Waals surface area contributed by atoms with Crippen LogP contribution >= 0.6 is 0 Å². The van der Waals surface area contributed by atoms with Gasteiger partial charge in [-0.2, -0.15) is 0 Å². The molecule has 0 saturated carbocycles. The summed E-state index contributed by atoms with van der Waals surface area (Å²) in [5.41, 5.74) is 0. The summed E-state index contributed by atoms with van der Waals surface area (Å²) in [4.78, 5) is 2.51. The summed E-state index contributed by atoms with van der Waals surface area (Å²) in [7, 11) is 1.69. The van der Waals surface area contributed by atoms with Crippen molar-refractivity contribution in [2.24, 2.45) is 0 Å². The van der Waals surface area contributed by atoms with E-state index in [0.29, 0.717) is 25.9 Å². The first-order valence-corrected chi connectivity index (χ1v) is 6.80. The predicted octanol–water partition coefficient (Wildman–Crippen LogP) is 1.28. The predicted molar refractivity (Wildman–Crippen MR) is 68.2 cm³/mol. The van der Waals surface area contributed by atoms with Crippen molar-refractivity contribution in [3.63, 3.8) is 0 Å². The van der Waals surface area contributed by atoms with Crippen LogP contribution in [-0.2, 0) is 9.47 Å². The van der Waals surface area contributed by atoms with Gasteiger partial charge in [0.25, 0.3) is 0 Å². The van der Waals surface area contributed by atoms with Gasteiger partial charge >= 0.3 is 0 Å². The van der Waals surface area contributed by atoms with Crippen LogP contribution in [0.4, 0.5) is 0 Å². The van der Waals surface area contributed by atoms with Gasteiger partial charge in [-0.05, 0) is 32.2 Å². The molecule has 1 heterocycles. The zero-order valence-corrected chi connectivity index (χ0v) is 11.1. The minimum atomic E-state index is 0.311. The van der Waals surface area contributed by atoms with E-state index in [2.05, 4.69) is 4.90 Å². The van der Waals surface area contributed by atoms with Crippen LogP contribution in [0, 0.1) is 0 Å². The summed E-state index contributed by atoms with van der Waals surface area (Å²) < 4.78 is 10.4. The zero-order chi connectivity index (χ0) is 12.3. The van der Waals surface area contributed by atoms with Crippen LogP contribution in [0.1, 0.15) is 32.1 Å². The fraction of sp³-hybridized carbons (Fsp3) is 1.00. The molecule has 4 heteroatoms. The Kier molecular flexibility index (Phi) is 8.61. The Balaban J connectivity index is 2.06. The van der Waals surface area contributed by atoms with Crippen molar-refractivity contribution >= 4 is 0 Å². The number of piperidine rings is 1. The second kappa shape index (κ2) is 9.83. The van der Waals surface area contributed by atoms with Gasteiger partial charge in [0.2, 0.25) is 0 Å². The van der Waals surface area contributed by atoms with Gasteiger partial charge in [-0.3, -0.25) is 0 Å². The fourth-order valence-electron chi connectivity index (χ4n) is 2.44. The van der Waals surface area contributed by atoms with E-state index in [1.807, 2.05) is 0 Å². The van der Waals surface area contributed by atoms with Gasteiger partial charge in [0.05, 0.1) is 13.2 Å². The topological polar surface area (TPSA) is 41.9 Å². The molecular weight excluding hydrogens is 218 g/mol. The lowest BCUT2D eigenvalue weighted by Crippen LogP contribution is -2.40. The fourth-order valence-corrected chi connectivity index (χ4v) is 2.44. The third-order valence-corrected chi connectivity index (χ3v) is 3.38. The minimum Gasteiger partial charge on any atom is -0.396 e. The molecule has 1 aliphatic rings. The van der Waals surface area contributed by atoms with Gasteiger partial charge < -0.3 is 19.5 Å². The molecular formula is C13H27NO3. The number of rotatable bonds is 9. The van der Waals surface area contributed by atoms with Crippen LogP contribution in [0.3, 0.4) is 0 Å². The smallest absolute Gasteiger partial charge is 0.0700 e. The Labute approximate surface area is 105 Å². The van der Waals surface area contributed by atoms with Crippen LogP contribution < -0.4 is 0 Å². The molecule has 0 aromatic heterocycles. The molecule has 4 nitrogen and oxygen atoms in total. The molecule has 1 aliphatic heterocycles. The van der Waals surface area contributed by atoms with E-state index >= 15 is 0 Å². The molecule has 0 bridgehead atoms. The lowest BCUT2D eigenvalue weighted by Gasteiger charge is -2.35. The number of hydrogen-bond donors (Lipinski definition) is 1. The summed E-state index contributed by atoms with van der Waals surface area (Å²) in [5.74, 6) is 0. The van der Waals surface area contributed by atoms with Crippen LogP contribution in [0.5, 0.6) is 0 Å². The largest absolute Gasteiger partial charge is 0.396 e. The van der Waals surface area contributed by atoms with Gasteiger partial charge in [0.1, 0.15) is 0 Å². The number of nitrogens with zero attached hydrogens (tertiary/aromatic N) is 1. The first-order chi connectivity index (χ1) is 8.38. The average molecular weight is 245 g/mol. The first-order valence-electron chi connectivity index (χ1n) is 6.80. The maximum absolute atomic E-state index is 9.04. The molecule has 17 heavy (non-hydrogen) atoms. The Bertz CT molecular complexity index is 176. The third-order valence-electron chi connectivity index (χ3n) is 3.38. The SMILES string of the molecule is COCCOCCCN1CCCCC1CCO. The molecule has 1 unspecified atom stereocenters. The summed E-state index contributed by atoms with van der Waals surface area (Å²) >= 11 is 0. The molecule has 0 aliphatic carbocycles. The molecule has 102 valence electrons. The molecule has 0 amide bonds. The van der Waals surface area contributed by atoms with Gasteiger partial charge in [0.15, 0.2) is 0 Å². The highest BCUT2D eigenvalue weighted by Gasteiger charge is 2.20. The molecule has 0 radical (unpaired) electrons. The summed E-state index contributed by atoms with van der Waals surface area (Å²) in [6.07, 6.45) is 5.85. The Morgan fingerprint density at radius 3 is 2.88 bits per heavy atom. The van der Waals surface area contributed by atoms with E-state index < -0.39 is 0 Å². The second-order valence-corrected chi connectivity index (χ2v) is 4.66. The molecule has 0 aromatic rings.